The summed E-state index contributed by atoms with van der Waals surface area (Å²) in [6.07, 6.45) is 5.12. The van der Waals surface area contributed by atoms with Gasteiger partial charge in [0.2, 0.25) is 0 Å². The molecule has 1 rings (SSSR count). The second kappa shape index (κ2) is 5.22. The number of allylic oxidation sites excluding steroid dienone is 1. The maximum Gasteiger partial charge on any atom is 0.123 e. The minimum Gasteiger partial charge on any atom is -0.496 e. The highest BCUT2D eigenvalue weighted by Crippen LogP contribution is 2.19. The number of ether oxygens (including phenoxy) is 1. The van der Waals surface area contributed by atoms with E-state index in [0.29, 0.717) is 6.42 Å². The van der Waals surface area contributed by atoms with Crippen molar-refractivity contribution in [1.29, 1.82) is 0 Å². The predicted octanol–water partition coefficient (Wildman–Crippen LogP) is 2.61. The first-order valence-corrected chi connectivity index (χ1v) is 4.52. The van der Waals surface area contributed by atoms with Crippen LogP contribution in [0.3, 0.4) is 0 Å². The molecule has 0 N–H and O–H groups in total. The Bertz CT molecular complexity index is 340. The van der Waals surface area contributed by atoms with Crippen LogP contribution in [0.25, 0.3) is 6.08 Å². The Balaban J connectivity index is 2.80. The second-order valence-electron chi connectivity index (χ2n) is 3.03. The number of aryl methyl sites for hydroxylation is 1. The molecule has 0 radical (unpaired) electrons. The number of carbonyl (C=O) groups is 1. The SMILES string of the molecule is COc1ccc(C=CCC=O)cc1C. The zero-order chi connectivity index (χ0) is 10.4. The Kier molecular flexibility index (Phi) is 3.92. The molecule has 0 fully saturated rings. The lowest BCUT2D eigenvalue weighted by Gasteiger charge is -2.04. The number of rotatable bonds is 4. The van der Waals surface area contributed by atoms with E-state index >= 15 is 0 Å². The second-order valence-corrected chi connectivity index (χ2v) is 3.03. The van der Waals surface area contributed by atoms with E-state index in [-0.39, 0.29) is 0 Å². The summed E-state index contributed by atoms with van der Waals surface area (Å²) in [6.45, 7) is 2.00. The molecule has 0 aromatic heterocycles. The number of carbonyl (C=O) groups excluding carboxylic acids is 1. The highest BCUT2D eigenvalue weighted by atomic mass is 16.5. The summed E-state index contributed by atoms with van der Waals surface area (Å²) < 4.78 is 5.15. The van der Waals surface area contributed by atoms with Gasteiger partial charge in [-0.05, 0) is 30.2 Å². The maximum atomic E-state index is 10.1. The highest BCUT2D eigenvalue weighted by molar-refractivity contribution is 5.59. The monoisotopic (exact) mass is 190 g/mol. The van der Waals surface area contributed by atoms with Crippen molar-refractivity contribution in [3.63, 3.8) is 0 Å². The zero-order valence-corrected chi connectivity index (χ0v) is 8.49. The van der Waals surface area contributed by atoms with Crippen molar-refractivity contribution in [3.05, 3.63) is 35.4 Å². The fourth-order valence-electron chi connectivity index (χ4n) is 1.26. The van der Waals surface area contributed by atoms with Crippen LogP contribution in [0.15, 0.2) is 24.3 Å². The van der Waals surface area contributed by atoms with Gasteiger partial charge in [0.25, 0.3) is 0 Å². The Morgan fingerprint density at radius 2 is 2.21 bits per heavy atom. The van der Waals surface area contributed by atoms with Crippen molar-refractivity contribution in [2.75, 3.05) is 7.11 Å². The lowest BCUT2D eigenvalue weighted by Crippen LogP contribution is -1.86. The van der Waals surface area contributed by atoms with E-state index in [2.05, 4.69) is 0 Å². The third-order valence-corrected chi connectivity index (χ3v) is 1.96. The van der Waals surface area contributed by atoms with Crippen LogP contribution in [-0.2, 0) is 4.79 Å². The molecule has 1 aromatic carbocycles. The Hall–Kier alpha value is -1.57. The van der Waals surface area contributed by atoms with Crippen molar-refractivity contribution in [1.82, 2.24) is 0 Å². The van der Waals surface area contributed by atoms with E-state index < -0.39 is 0 Å². The van der Waals surface area contributed by atoms with Gasteiger partial charge in [0.1, 0.15) is 12.0 Å². The number of benzene rings is 1. The summed E-state index contributed by atoms with van der Waals surface area (Å²) in [5, 5.41) is 0. The average Bonchev–Trinajstić information content (AvgIpc) is 2.18. The van der Waals surface area contributed by atoms with Gasteiger partial charge in [-0.15, -0.1) is 0 Å². The number of aldehydes is 1. The topological polar surface area (TPSA) is 26.3 Å². The predicted molar refractivity (Wildman–Crippen MR) is 57.4 cm³/mol. The minimum atomic E-state index is 0.463. The molecule has 0 aliphatic heterocycles. The summed E-state index contributed by atoms with van der Waals surface area (Å²) in [5.74, 6) is 0.887. The molecule has 0 unspecified atom stereocenters. The van der Waals surface area contributed by atoms with Gasteiger partial charge in [-0.2, -0.15) is 0 Å². The first kappa shape index (κ1) is 10.5. The Labute approximate surface area is 84.2 Å². The lowest BCUT2D eigenvalue weighted by molar-refractivity contribution is -0.107. The van der Waals surface area contributed by atoms with Crippen LogP contribution < -0.4 is 4.74 Å². The van der Waals surface area contributed by atoms with Gasteiger partial charge in [0, 0.05) is 6.42 Å². The number of methoxy groups -OCH3 is 1. The van der Waals surface area contributed by atoms with Crippen molar-refractivity contribution < 1.29 is 9.53 Å². The van der Waals surface area contributed by atoms with Gasteiger partial charge in [-0.3, -0.25) is 0 Å². The molecule has 14 heavy (non-hydrogen) atoms. The molecule has 0 atom stereocenters. The third kappa shape index (κ3) is 2.73. The largest absolute Gasteiger partial charge is 0.496 e. The van der Waals surface area contributed by atoms with E-state index in [9.17, 15) is 4.79 Å². The van der Waals surface area contributed by atoms with Crippen molar-refractivity contribution >= 4 is 12.4 Å². The molecule has 0 heterocycles. The Morgan fingerprint density at radius 3 is 2.79 bits per heavy atom. The van der Waals surface area contributed by atoms with Crippen molar-refractivity contribution in [2.45, 2.75) is 13.3 Å². The van der Waals surface area contributed by atoms with Crippen LogP contribution in [0.1, 0.15) is 17.5 Å². The van der Waals surface area contributed by atoms with Gasteiger partial charge in [-0.25, -0.2) is 0 Å². The molecule has 1 aromatic rings. The molecule has 74 valence electrons. The number of hydrogen-bond donors (Lipinski definition) is 0. The van der Waals surface area contributed by atoms with Gasteiger partial charge in [0.05, 0.1) is 7.11 Å². The fourth-order valence-corrected chi connectivity index (χ4v) is 1.26. The molecule has 0 saturated carbocycles. The highest BCUT2D eigenvalue weighted by Gasteiger charge is 1.96. The maximum absolute atomic E-state index is 10.1. The molecule has 2 heteroatoms. The van der Waals surface area contributed by atoms with Crippen molar-refractivity contribution in [3.8, 4) is 5.75 Å². The smallest absolute Gasteiger partial charge is 0.123 e. The van der Waals surface area contributed by atoms with E-state index in [4.69, 9.17) is 4.74 Å². The van der Waals surface area contributed by atoms with Gasteiger partial charge in [0.15, 0.2) is 0 Å². The van der Waals surface area contributed by atoms with Crippen LogP contribution in [0.2, 0.25) is 0 Å². The molecule has 0 bridgehead atoms. The van der Waals surface area contributed by atoms with Gasteiger partial charge in [-0.1, -0.05) is 18.2 Å². The summed E-state index contributed by atoms with van der Waals surface area (Å²) in [7, 11) is 1.66. The van der Waals surface area contributed by atoms with E-state index in [1.54, 1.807) is 7.11 Å². The van der Waals surface area contributed by atoms with E-state index in [1.165, 1.54) is 0 Å². The van der Waals surface area contributed by atoms with Crippen LogP contribution in [0.4, 0.5) is 0 Å². The normalized spacial score (nSPS) is 10.4. The molecule has 0 aliphatic rings. The van der Waals surface area contributed by atoms with Gasteiger partial charge >= 0.3 is 0 Å². The average molecular weight is 190 g/mol. The summed E-state index contributed by atoms with van der Waals surface area (Å²) in [6, 6.07) is 5.92. The quantitative estimate of drug-likeness (QED) is 0.682. The lowest BCUT2D eigenvalue weighted by atomic mass is 10.1. The number of hydrogen-bond acceptors (Lipinski definition) is 2. The summed E-state index contributed by atoms with van der Waals surface area (Å²) in [5.41, 5.74) is 2.19. The van der Waals surface area contributed by atoms with Crippen LogP contribution >= 0.6 is 0 Å². The first-order chi connectivity index (χ1) is 6.77. The minimum absolute atomic E-state index is 0.463. The van der Waals surface area contributed by atoms with Crippen LogP contribution in [0.5, 0.6) is 5.75 Å². The molecular formula is C12H14O2. The Morgan fingerprint density at radius 1 is 1.43 bits per heavy atom. The third-order valence-electron chi connectivity index (χ3n) is 1.96. The van der Waals surface area contributed by atoms with Crippen LogP contribution in [-0.4, -0.2) is 13.4 Å². The van der Waals surface area contributed by atoms with Crippen LogP contribution in [0, 0.1) is 6.92 Å². The fraction of sp³-hybridized carbons (Fsp3) is 0.250. The summed E-state index contributed by atoms with van der Waals surface area (Å²) >= 11 is 0. The standard InChI is InChI=1S/C12H14O2/c1-10-9-11(5-3-4-8-13)6-7-12(10)14-2/h3,5-9H,4H2,1-2H3. The molecule has 2 nitrogen and oxygen atoms in total. The van der Waals surface area contributed by atoms with Crippen molar-refractivity contribution in [2.24, 2.45) is 0 Å². The summed E-state index contributed by atoms with van der Waals surface area (Å²) in [4.78, 5) is 10.1. The van der Waals surface area contributed by atoms with Gasteiger partial charge < -0.3 is 9.53 Å². The first-order valence-electron chi connectivity index (χ1n) is 4.52. The van der Waals surface area contributed by atoms with E-state index in [0.717, 1.165) is 23.2 Å². The molecule has 0 amide bonds. The molecule has 0 aliphatic carbocycles. The molecule has 0 spiro atoms. The molecule has 0 saturated heterocycles. The van der Waals surface area contributed by atoms with E-state index in [1.807, 2.05) is 37.3 Å². The zero-order valence-electron chi connectivity index (χ0n) is 8.49. The molecular weight excluding hydrogens is 176 g/mol.